The Labute approximate surface area is 107 Å². The van der Waals surface area contributed by atoms with Gasteiger partial charge in [-0.2, -0.15) is 0 Å². The molecule has 1 aromatic rings. The summed E-state index contributed by atoms with van der Waals surface area (Å²) in [5, 5.41) is 0.483. The molecule has 0 atom stereocenters. The molecule has 0 N–H and O–H groups in total. The van der Waals surface area contributed by atoms with Crippen LogP contribution in [0.4, 0.5) is 0 Å². The Bertz CT molecular complexity index is 404. The Morgan fingerprint density at radius 1 is 1.59 bits per heavy atom. The first-order valence-electron chi connectivity index (χ1n) is 6.11. The highest BCUT2D eigenvalue weighted by Crippen LogP contribution is 2.28. The number of hydrogen-bond donors (Lipinski definition) is 0. The van der Waals surface area contributed by atoms with E-state index in [1.54, 1.807) is 18.5 Å². The Balaban J connectivity index is 2.08. The van der Waals surface area contributed by atoms with Gasteiger partial charge in [-0.05, 0) is 31.7 Å². The minimum atomic E-state index is -0.00231. The molecule has 1 saturated carbocycles. The number of carbonyl (C=O) groups is 1. The van der Waals surface area contributed by atoms with Crippen LogP contribution in [0.3, 0.4) is 0 Å². The van der Waals surface area contributed by atoms with E-state index in [0.29, 0.717) is 16.5 Å². The minimum Gasteiger partial charge on any atom is -0.339 e. The highest BCUT2D eigenvalue weighted by Gasteiger charge is 2.24. The lowest BCUT2D eigenvalue weighted by molar-refractivity contribution is 0.0706. The van der Waals surface area contributed by atoms with Gasteiger partial charge < -0.3 is 4.90 Å². The zero-order chi connectivity index (χ0) is 12.3. The molecule has 17 heavy (non-hydrogen) atoms. The number of pyridine rings is 1. The third kappa shape index (κ3) is 2.78. The maximum atomic E-state index is 12.3. The first-order chi connectivity index (χ1) is 8.22. The predicted octanol–water partition coefficient (Wildman–Crippen LogP) is 3.00. The van der Waals surface area contributed by atoms with Crippen molar-refractivity contribution in [1.29, 1.82) is 0 Å². The van der Waals surface area contributed by atoms with E-state index in [9.17, 15) is 4.79 Å². The lowest BCUT2D eigenvalue weighted by atomic mass is 9.85. The summed E-state index contributed by atoms with van der Waals surface area (Å²) < 4.78 is 0. The van der Waals surface area contributed by atoms with Crippen molar-refractivity contribution in [3.05, 3.63) is 29.0 Å². The lowest BCUT2D eigenvalue weighted by Gasteiger charge is -2.31. The molecule has 0 radical (unpaired) electrons. The van der Waals surface area contributed by atoms with E-state index < -0.39 is 0 Å². The summed E-state index contributed by atoms with van der Waals surface area (Å²) in [6, 6.07) is 1.66. The third-order valence-corrected chi connectivity index (χ3v) is 3.70. The molecule has 0 saturated heterocycles. The average molecular weight is 253 g/mol. The van der Waals surface area contributed by atoms with Crippen LogP contribution in [0.2, 0.25) is 5.02 Å². The van der Waals surface area contributed by atoms with Gasteiger partial charge in [0.1, 0.15) is 0 Å². The highest BCUT2D eigenvalue weighted by molar-refractivity contribution is 6.33. The second-order valence-electron chi connectivity index (χ2n) is 4.50. The SMILES string of the molecule is CCN(CC1CCC1)C(=O)c1cnccc1Cl. The Hall–Kier alpha value is -1.09. The van der Waals surface area contributed by atoms with Gasteiger partial charge in [0.05, 0.1) is 10.6 Å². The fourth-order valence-electron chi connectivity index (χ4n) is 2.05. The Morgan fingerprint density at radius 2 is 2.35 bits per heavy atom. The van der Waals surface area contributed by atoms with Gasteiger partial charge in [0.15, 0.2) is 0 Å². The van der Waals surface area contributed by atoms with Crippen LogP contribution in [0.25, 0.3) is 0 Å². The number of amides is 1. The smallest absolute Gasteiger partial charge is 0.256 e. The van der Waals surface area contributed by atoms with E-state index in [2.05, 4.69) is 4.98 Å². The summed E-state index contributed by atoms with van der Waals surface area (Å²) in [6.07, 6.45) is 6.93. The Morgan fingerprint density at radius 3 is 2.88 bits per heavy atom. The van der Waals surface area contributed by atoms with E-state index in [1.807, 2.05) is 11.8 Å². The first kappa shape index (κ1) is 12.4. The molecule has 3 nitrogen and oxygen atoms in total. The van der Waals surface area contributed by atoms with Crippen molar-refractivity contribution in [2.24, 2.45) is 5.92 Å². The normalized spacial score (nSPS) is 15.4. The van der Waals surface area contributed by atoms with Crippen molar-refractivity contribution < 1.29 is 4.79 Å². The molecule has 1 aromatic heterocycles. The number of nitrogens with zero attached hydrogens (tertiary/aromatic N) is 2. The molecule has 0 bridgehead atoms. The van der Waals surface area contributed by atoms with Crippen molar-refractivity contribution in [2.45, 2.75) is 26.2 Å². The van der Waals surface area contributed by atoms with Crippen molar-refractivity contribution in [2.75, 3.05) is 13.1 Å². The molecule has 1 aliphatic rings. The largest absolute Gasteiger partial charge is 0.339 e. The molecule has 1 aliphatic carbocycles. The van der Waals surface area contributed by atoms with Crippen LogP contribution < -0.4 is 0 Å². The third-order valence-electron chi connectivity index (χ3n) is 3.37. The van der Waals surface area contributed by atoms with Gasteiger partial charge in [0.2, 0.25) is 0 Å². The van der Waals surface area contributed by atoms with Crippen LogP contribution in [0.15, 0.2) is 18.5 Å². The second kappa shape index (κ2) is 5.50. The average Bonchev–Trinajstić information content (AvgIpc) is 2.28. The molecule has 1 fully saturated rings. The van der Waals surface area contributed by atoms with Gasteiger partial charge in [0.25, 0.3) is 5.91 Å². The maximum Gasteiger partial charge on any atom is 0.256 e. The van der Waals surface area contributed by atoms with Crippen molar-refractivity contribution in [3.8, 4) is 0 Å². The number of rotatable bonds is 4. The van der Waals surface area contributed by atoms with Gasteiger partial charge in [-0.15, -0.1) is 0 Å². The first-order valence-corrected chi connectivity index (χ1v) is 6.49. The number of carbonyl (C=O) groups excluding carboxylic acids is 1. The summed E-state index contributed by atoms with van der Waals surface area (Å²) in [5.41, 5.74) is 0.510. The van der Waals surface area contributed by atoms with E-state index >= 15 is 0 Å². The highest BCUT2D eigenvalue weighted by atomic mass is 35.5. The standard InChI is InChI=1S/C13H17ClN2O/c1-2-16(9-10-4-3-5-10)13(17)11-8-15-7-6-12(11)14/h6-8,10H,2-5,9H2,1H3. The number of aromatic nitrogens is 1. The van der Waals surface area contributed by atoms with Crippen molar-refractivity contribution >= 4 is 17.5 Å². The van der Waals surface area contributed by atoms with Gasteiger partial charge in [-0.3, -0.25) is 9.78 Å². The number of hydrogen-bond acceptors (Lipinski definition) is 2. The van der Waals surface area contributed by atoms with Gasteiger partial charge >= 0.3 is 0 Å². The molecule has 4 heteroatoms. The summed E-state index contributed by atoms with van der Waals surface area (Å²) >= 11 is 6.02. The molecular formula is C13H17ClN2O. The summed E-state index contributed by atoms with van der Waals surface area (Å²) in [5.74, 6) is 0.673. The van der Waals surface area contributed by atoms with E-state index in [4.69, 9.17) is 11.6 Å². The molecule has 1 heterocycles. The summed E-state index contributed by atoms with van der Waals surface area (Å²) in [7, 11) is 0. The topological polar surface area (TPSA) is 33.2 Å². The molecule has 0 spiro atoms. The van der Waals surface area contributed by atoms with E-state index in [1.165, 1.54) is 19.3 Å². The Kier molecular flexibility index (Phi) is 4.00. The zero-order valence-electron chi connectivity index (χ0n) is 10.0. The molecule has 2 rings (SSSR count). The molecule has 0 aromatic carbocycles. The minimum absolute atomic E-state index is 0.00231. The van der Waals surface area contributed by atoms with E-state index in [0.717, 1.165) is 13.1 Å². The van der Waals surface area contributed by atoms with Gasteiger partial charge in [0, 0.05) is 25.5 Å². The molecule has 92 valence electrons. The van der Waals surface area contributed by atoms with Crippen molar-refractivity contribution in [3.63, 3.8) is 0 Å². The summed E-state index contributed by atoms with van der Waals surface area (Å²) in [4.78, 5) is 18.1. The van der Waals surface area contributed by atoms with Gasteiger partial charge in [-0.25, -0.2) is 0 Å². The lowest BCUT2D eigenvalue weighted by Crippen LogP contribution is -2.37. The molecule has 0 unspecified atom stereocenters. The van der Waals surface area contributed by atoms with E-state index in [-0.39, 0.29) is 5.91 Å². The fraction of sp³-hybridized carbons (Fsp3) is 0.538. The zero-order valence-corrected chi connectivity index (χ0v) is 10.8. The van der Waals surface area contributed by atoms with Crippen molar-refractivity contribution in [1.82, 2.24) is 9.88 Å². The molecule has 1 amide bonds. The fourth-order valence-corrected chi connectivity index (χ4v) is 2.23. The van der Waals surface area contributed by atoms with Crippen LogP contribution in [-0.2, 0) is 0 Å². The van der Waals surface area contributed by atoms with Crippen LogP contribution >= 0.6 is 11.6 Å². The van der Waals surface area contributed by atoms with Gasteiger partial charge in [-0.1, -0.05) is 18.0 Å². The van der Waals surface area contributed by atoms with Crippen LogP contribution in [0.1, 0.15) is 36.5 Å². The quantitative estimate of drug-likeness (QED) is 0.825. The monoisotopic (exact) mass is 252 g/mol. The number of halogens is 1. The maximum absolute atomic E-state index is 12.3. The molecular weight excluding hydrogens is 236 g/mol. The molecule has 0 aliphatic heterocycles. The van der Waals surface area contributed by atoms with Crippen LogP contribution in [0.5, 0.6) is 0 Å². The van der Waals surface area contributed by atoms with Crippen LogP contribution in [-0.4, -0.2) is 28.9 Å². The second-order valence-corrected chi connectivity index (χ2v) is 4.90. The summed E-state index contributed by atoms with van der Waals surface area (Å²) in [6.45, 7) is 3.57. The predicted molar refractivity (Wildman–Crippen MR) is 68.2 cm³/mol. The van der Waals surface area contributed by atoms with Crippen LogP contribution in [0, 0.1) is 5.92 Å².